The number of fused-ring (bicyclic) bond motifs is 1. The quantitative estimate of drug-likeness (QED) is 0.795. The topological polar surface area (TPSA) is 99.7 Å². The van der Waals surface area contributed by atoms with E-state index in [9.17, 15) is 15.8 Å². The van der Waals surface area contributed by atoms with Crippen molar-refractivity contribution in [3.63, 3.8) is 0 Å². The standard InChI is InChI=1S/C20H19N5/c1-25-8-7-15-16(10-21)19(24)20(12-22,13-23)18(17(15)11-25)9-14-5-3-2-4-6-14/h2-7,16-18,24H,8-9,11H2,1H3/p+1/t16?,17-,18+/m1/s1. The Balaban J connectivity index is 2.13. The summed E-state index contributed by atoms with van der Waals surface area (Å²) in [5.41, 5.74) is 0.381. The summed E-state index contributed by atoms with van der Waals surface area (Å²) >= 11 is 0. The molecule has 1 aliphatic carbocycles. The predicted molar refractivity (Wildman–Crippen MR) is 92.3 cm³/mol. The van der Waals surface area contributed by atoms with E-state index in [1.165, 1.54) is 4.90 Å². The Kier molecular flexibility index (Phi) is 4.41. The van der Waals surface area contributed by atoms with Crippen molar-refractivity contribution in [1.82, 2.24) is 0 Å². The molecule has 2 aliphatic rings. The molecule has 25 heavy (non-hydrogen) atoms. The van der Waals surface area contributed by atoms with Crippen molar-refractivity contribution in [2.75, 3.05) is 20.1 Å². The predicted octanol–water partition coefficient (Wildman–Crippen LogP) is 1.12. The molecule has 1 aliphatic heterocycles. The summed E-state index contributed by atoms with van der Waals surface area (Å²) in [6, 6.07) is 16.2. The van der Waals surface area contributed by atoms with Gasteiger partial charge >= 0.3 is 0 Å². The van der Waals surface area contributed by atoms with Crippen molar-refractivity contribution in [3.8, 4) is 18.2 Å². The summed E-state index contributed by atoms with van der Waals surface area (Å²) in [7, 11) is 2.08. The van der Waals surface area contributed by atoms with E-state index >= 15 is 0 Å². The van der Waals surface area contributed by atoms with Crippen LogP contribution in [0.1, 0.15) is 5.56 Å². The molecule has 0 aromatic heterocycles. The smallest absolute Gasteiger partial charge is 0.186 e. The van der Waals surface area contributed by atoms with Crippen LogP contribution in [0.2, 0.25) is 0 Å². The van der Waals surface area contributed by atoms with Gasteiger partial charge in [-0.25, -0.2) is 0 Å². The molecule has 2 N–H and O–H groups in total. The number of nitrogens with one attached hydrogen (secondary N) is 2. The Morgan fingerprint density at radius 3 is 2.48 bits per heavy atom. The van der Waals surface area contributed by atoms with Gasteiger partial charge < -0.3 is 10.3 Å². The first-order valence-corrected chi connectivity index (χ1v) is 8.43. The van der Waals surface area contributed by atoms with E-state index in [2.05, 4.69) is 25.3 Å². The minimum Gasteiger partial charge on any atom is -0.334 e. The number of nitriles is 3. The number of likely N-dealkylation sites (N-methyl/N-ethyl adjacent to an activating group) is 1. The van der Waals surface area contributed by atoms with Crippen LogP contribution in [0.25, 0.3) is 0 Å². The Bertz CT molecular complexity index is 820. The molecule has 1 heterocycles. The molecule has 0 radical (unpaired) electrons. The average Bonchev–Trinajstić information content (AvgIpc) is 2.64. The molecular weight excluding hydrogens is 310 g/mol. The minimum atomic E-state index is -1.55. The molecule has 0 spiro atoms. The van der Waals surface area contributed by atoms with Gasteiger partial charge in [0, 0.05) is 11.8 Å². The second-order valence-electron chi connectivity index (χ2n) is 6.98. The highest BCUT2D eigenvalue weighted by molar-refractivity contribution is 6.00. The van der Waals surface area contributed by atoms with Gasteiger partial charge in [0.15, 0.2) is 5.41 Å². The highest BCUT2D eigenvalue weighted by Crippen LogP contribution is 2.48. The van der Waals surface area contributed by atoms with Crippen LogP contribution in [0, 0.1) is 62.6 Å². The first-order valence-electron chi connectivity index (χ1n) is 8.43. The molecule has 0 amide bonds. The maximum Gasteiger partial charge on any atom is 0.186 e. The van der Waals surface area contributed by atoms with Crippen molar-refractivity contribution in [1.29, 1.82) is 21.2 Å². The molecule has 124 valence electrons. The van der Waals surface area contributed by atoms with Crippen LogP contribution < -0.4 is 4.90 Å². The van der Waals surface area contributed by atoms with Gasteiger partial charge in [0.2, 0.25) is 0 Å². The number of nitrogens with zero attached hydrogens (tertiary/aromatic N) is 3. The van der Waals surface area contributed by atoms with E-state index in [4.69, 9.17) is 5.41 Å². The lowest BCUT2D eigenvalue weighted by atomic mass is 9.54. The molecule has 1 saturated carbocycles. The second kappa shape index (κ2) is 6.52. The van der Waals surface area contributed by atoms with Crippen LogP contribution >= 0.6 is 0 Å². The molecule has 5 nitrogen and oxygen atoms in total. The number of hydrogen-bond donors (Lipinski definition) is 2. The van der Waals surface area contributed by atoms with Crippen LogP contribution in [-0.2, 0) is 6.42 Å². The molecule has 1 aromatic carbocycles. The largest absolute Gasteiger partial charge is 0.334 e. The van der Waals surface area contributed by atoms with Gasteiger partial charge in [0.1, 0.15) is 5.92 Å². The van der Waals surface area contributed by atoms with E-state index in [0.717, 1.165) is 24.2 Å². The normalized spacial score (nSPS) is 30.2. The summed E-state index contributed by atoms with van der Waals surface area (Å²) in [4.78, 5) is 1.29. The summed E-state index contributed by atoms with van der Waals surface area (Å²) in [6.07, 6.45) is 2.60. The monoisotopic (exact) mass is 330 g/mol. The SMILES string of the molecule is C[NH+]1CC=C2C(C#N)C(=N)C(C#N)(C#N)[C@@H](Cc3ccccc3)[C@@H]2C1. The molecule has 1 aromatic rings. The van der Waals surface area contributed by atoms with Crippen LogP contribution in [0.4, 0.5) is 0 Å². The number of hydrogen-bond acceptors (Lipinski definition) is 4. The maximum atomic E-state index is 9.88. The van der Waals surface area contributed by atoms with E-state index in [0.29, 0.717) is 6.42 Å². The zero-order chi connectivity index (χ0) is 18.0. The fourth-order valence-corrected chi connectivity index (χ4v) is 4.24. The van der Waals surface area contributed by atoms with Crippen LogP contribution in [0.3, 0.4) is 0 Å². The molecule has 1 fully saturated rings. The molecule has 3 rings (SSSR count). The highest BCUT2D eigenvalue weighted by atomic mass is 15.1. The third kappa shape index (κ3) is 2.62. The molecule has 0 bridgehead atoms. The summed E-state index contributed by atoms with van der Waals surface area (Å²) in [6.45, 7) is 1.58. The van der Waals surface area contributed by atoms with E-state index in [-0.39, 0.29) is 17.5 Å². The van der Waals surface area contributed by atoms with Gasteiger partial charge in [-0.05, 0) is 23.6 Å². The van der Waals surface area contributed by atoms with Crippen molar-refractivity contribution < 1.29 is 4.90 Å². The van der Waals surface area contributed by atoms with E-state index < -0.39 is 11.3 Å². The minimum absolute atomic E-state index is 0.0352. The van der Waals surface area contributed by atoms with Gasteiger partial charge in [0.25, 0.3) is 0 Å². The lowest BCUT2D eigenvalue weighted by molar-refractivity contribution is -0.879. The van der Waals surface area contributed by atoms with Crippen LogP contribution in [0.5, 0.6) is 0 Å². The Morgan fingerprint density at radius 2 is 1.88 bits per heavy atom. The Morgan fingerprint density at radius 1 is 1.20 bits per heavy atom. The molecule has 4 atom stereocenters. The Hall–Kier alpha value is -2.94. The fourth-order valence-electron chi connectivity index (χ4n) is 4.24. The molecule has 2 unspecified atom stereocenters. The Labute approximate surface area is 147 Å². The lowest BCUT2D eigenvalue weighted by Gasteiger charge is -2.45. The van der Waals surface area contributed by atoms with Crippen molar-refractivity contribution in [2.45, 2.75) is 6.42 Å². The van der Waals surface area contributed by atoms with Crippen molar-refractivity contribution >= 4 is 5.71 Å². The zero-order valence-electron chi connectivity index (χ0n) is 14.2. The van der Waals surface area contributed by atoms with Crippen LogP contribution in [0.15, 0.2) is 42.0 Å². The first-order chi connectivity index (χ1) is 12.1. The molecule has 5 heteroatoms. The van der Waals surface area contributed by atoms with Gasteiger partial charge in [-0.15, -0.1) is 0 Å². The van der Waals surface area contributed by atoms with Gasteiger partial charge in [-0.2, -0.15) is 15.8 Å². The third-order valence-corrected chi connectivity index (χ3v) is 5.55. The zero-order valence-corrected chi connectivity index (χ0v) is 14.2. The van der Waals surface area contributed by atoms with E-state index in [1.54, 1.807) is 0 Å². The van der Waals surface area contributed by atoms with E-state index in [1.807, 2.05) is 36.4 Å². The summed E-state index contributed by atoms with van der Waals surface area (Å²) in [5, 5.41) is 37.9. The van der Waals surface area contributed by atoms with Gasteiger partial charge in [-0.1, -0.05) is 30.3 Å². The van der Waals surface area contributed by atoms with Crippen molar-refractivity contribution in [3.05, 3.63) is 47.5 Å². The van der Waals surface area contributed by atoms with Gasteiger partial charge in [0.05, 0.1) is 44.1 Å². The van der Waals surface area contributed by atoms with Crippen molar-refractivity contribution in [2.24, 2.45) is 23.2 Å². The lowest BCUT2D eigenvalue weighted by Crippen LogP contribution is -3.10. The molecule has 0 saturated heterocycles. The van der Waals surface area contributed by atoms with Gasteiger partial charge in [-0.3, -0.25) is 0 Å². The summed E-state index contributed by atoms with van der Waals surface area (Å²) < 4.78 is 0. The number of benzene rings is 1. The third-order valence-electron chi connectivity index (χ3n) is 5.55. The number of rotatable bonds is 2. The molecular formula is C20H20N5+. The highest BCUT2D eigenvalue weighted by Gasteiger charge is 2.57. The maximum absolute atomic E-state index is 9.88. The number of quaternary nitrogens is 1. The summed E-state index contributed by atoms with van der Waals surface area (Å²) in [5.74, 6) is -1.11. The van der Waals surface area contributed by atoms with Crippen LogP contribution in [-0.4, -0.2) is 25.8 Å². The average molecular weight is 330 g/mol. The first kappa shape index (κ1) is 16.9. The second-order valence-corrected chi connectivity index (χ2v) is 6.98. The fraction of sp³-hybridized carbons (Fsp3) is 0.400.